The molecule has 0 bridgehead atoms. The van der Waals surface area contributed by atoms with E-state index in [1.807, 2.05) is 0 Å². The fraction of sp³-hybridized carbons (Fsp3) is 0.455. The first kappa shape index (κ1) is 15.5. The van der Waals surface area contributed by atoms with Crippen molar-refractivity contribution < 1.29 is 17.7 Å². The molecule has 1 rings (SSSR count). The number of benzene rings is 1. The van der Waals surface area contributed by atoms with Gasteiger partial charge < -0.3 is 0 Å². The van der Waals surface area contributed by atoms with Crippen molar-refractivity contribution in [3.63, 3.8) is 0 Å². The van der Waals surface area contributed by atoms with Crippen LogP contribution in [-0.4, -0.2) is 19.9 Å². The second-order valence-corrected chi connectivity index (χ2v) is 5.84. The molecule has 6 nitrogen and oxygen atoms in total. The van der Waals surface area contributed by atoms with Crippen molar-refractivity contribution in [1.29, 1.82) is 0 Å². The van der Waals surface area contributed by atoms with E-state index in [1.165, 1.54) is 13.8 Å². The van der Waals surface area contributed by atoms with Crippen LogP contribution in [0.5, 0.6) is 0 Å². The zero-order chi connectivity index (χ0) is 14.8. The fourth-order valence-corrected chi connectivity index (χ4v) is 3.45. The quantitative estimate of drug-likeness (QED) is 0.663. The van der Waals surface area contributed by atoms with E-state index < -0.39 is 26.5 Å². The summed E-state index contributed by atoms with van der Waals surface area (Å²) in [5.74, 6) is -1.03. The summed E-state index contributed by atoms with van der Waals surface area (Å²) in [6.45, 7) is 4.64. The van der Waals surface area contributed by atoms with Crippen molar-refractivity contribution in [2.45, 2.75) is 32.1 Å². The predicted molar refractivity (Wildman–Crippen MR) is 68.0 cm³/mol. The topological polar surface area (TPSA) is 89.3 Å². The summed E-state index contributed by atoms with van der Waals surface area (Å²) in [6.07, 6.45) is 0.584. The highest BCUT2D eigenvalue weighted by Crippen LogP contribution is 2.30. The van der Waals surface area contributed by atoms with Crippen molar-refractivity contribution in [3.8, 4) is 0 Å². The second-order valence-electron chi connectivity index (χ2n) is 4.13. The minimum atomic E-state index is -3.88. The van der Waals surface area contributed by atoms with Crippen LogP contribution in [0.25, 0.3) is 0 Å². The summed E-state index contributed by atoms with van der Waals surface area (Å²) >= 11 is 0. The molecule has 1 aromatic carbocycles. The summed E-state index contributed by atoms with van der Waals surface area (Å²) in [6, 6.07) is 0.867. The van der Waals surface area contributed by atoms with E-state index in [0.717, 1.165) is 6.07 Å². The molecule has 0 unspecified atom stereocenters. The molecule has 0 heterocycles. The maximum Gasteiger partial charge on any atom is 0.309 e. The average Bonchev–Trinajstić information content (AvgIpc) is 2.24. The molecule has 0 aliphatic rings. The summed E-state index contributed by atoms with van der Waals surface area (Å²) in [5, 5.41) is 10.8. The highest BCUT2D eigenvalue weighted by molar-refractivity contribution is 7.89. The van der Waals surface area contributed by atoms with Crippen LogP contribution in [0, 0.1) is 29.8 Å². The van der Waals surface area contributed by atoms with Crippen molar-refractivity contribution in [2.75, 3.05) is 6.54 Å². The lowest BCUT2D eigenvalue weighted by Crippen LogP contribution is -2.26. The molecule has 0 aromatic heterocycles. The van der Waals surface area contributed by atoms with E-state index in [-0.39, 0.29) is 22.6 Å². The molecule has 0 spiro atoms. The fourth-order valence-electron chi connectivity index (χ4n) is 1.85. The van der Waals surface area contributed by atoms with Crippen molar-refractivity contribution in [2.24, 2.45) is 0 Å². The molecule has 1 N–H and O–H groups in total. The van der Waals surface area contributed by atoms with E-state index >= 15 is 0 Å². The Morgan fingerprint density at radius 1 is 1.42 bits per heavy atom. The number of nitrogens with one attached hydrogen (secondary N) is 1. The molecule has 0 aliphatic carbocycles. The van der Waals surface area contributed by atoms with Crippen LogP contribution in [0.15, 0.2) is 11.0 Å². The van der Waals surface area contributed by atoms with E-state index in [1.54, 1.807) is 6.92 Å². The average molecular weight is 290 g/mol. The predicted octanol–water partition coefficient (Wildman–Crippen LogP) is 2.04. The van der Waals surface area contributed by atoms with Crippen molar-refractivity contribution in [3.05, 3.63) is 33.1 Å². The van der Waals surface area contributed by atoms with Gasteiger partial charge in [-0.05, 0) is 31.9 Å². The highest BCUT2D eigenvalue weighted by atomic mass is 32.2. The SMILES string of the molecule is CCCNS(=O)(=O)c1c(C)cc(F)c([N+](=O)[O-])c1C. The van der Waals surface area contributed by atoms with Gasteiger partial charge in [-0.2, -0.15) is 4.39 Å². The normalized spacial score (nSPS) is 11.6. The van der Waals surface area contributed by atoms with E-state index in [2.05, 4.69) is 4.72 Å². The van der Waals surface area contributed by atoms with Crippen LogP contribution < -0.4 is 4.72 Å². The third kappa shape index (κ3) is 3.07. The molecular weight excluding hydrogens is 275 g/mol. The van der Waals surface area contributed by atoms with E-state index in [0.29, 0.717) is 6.42 Å². The molecular formula is C11H15FN2O4S. The van der Waals surface area contributed by atoms with Crippen molar-refractivity contribution >= 4 is 15.7 Å². The lowest BCUT2D eigenvalue weighted by atomic mass is 10.1. The maximum atomic E-state index is 13.5. The van der Waals surface area contributed by atoms with Crippen LogP contribution in [-0.2, 0) is 10.0 Å². The molecule has 0 radical (unpaired) electrons. The third-order valence-electron chi connectivity index (χ3n) is 2.62. The summed E-state index contributed by atoms with van der Waals surface area (Å²) in [4.78, 5) is 9.66. The monoisotopic (exact) mass is 290 g/mol. The molecule has 0 fully saturated rings. The summed E-state index contributed by atoms with van der Waals surface area (Å²) in [5.41, 5.74) is -0.849. The minimum absolute atomic E-state index is 0.143. The van der Waals surface area contributed by atoms with Gasteiger partial charge in [0.1, 0.15) is 0 Å². The zero-order valence-corrected chi connectivity index (χ0v) is 11.7. The molecule has 0 atom stereocenters. The van der Waals surface area contributed by atoms with Gasteiger partial charge in [-0.15, -0.1) is 0 Å². The Balaban J connectivity index is 3.53. The summed E-state index contributed by atoms with van der Waals surface area (Å²) < 4.78 is 40.0. The Morgan fingerprint density at radius 3 is 2.47 bits per heavy atom. The van der Waals surface area contributed by atoms with Gasteiger partial charge in [0.05, 0.1) is 15.4 Å². The Labute approximate surface area is 110 Å². The minimum Gasteiger partial charge on any atom is -0.258 e. The Hall–Kier alpha value is -1.54. The standard InChI is InChI=1S/C11H15FN2O4S/c1-4-5-13-19(17,18)11-7(2)6-9(12)10(8(11)3)14(15)16/h6,13H,4-5H2,1-3H3. The number of rotatable bonds is 5. The number of aryl methyl sites for hydroxylation is 1. The van der Waals surface area contributed by atoms with E-state index in [9.17, 15) is 22.9 Å². The molecule has 8 heteroatoms. The molecule has 19 heavy (non-hydrogen) atoms. The lowest BCUT2D eigenvalue weighted by Gasteiger charge is -2.12. The molecule has 0 aliphatic heterocycles. The number of hydrogen-bond acceptors (Lipinski definition) is 4. The summed E-state index contributed by atoms with van der Waals surface area (Å²) in [7, 11) is -3.88. The largest absolute Gasteiger partial charge is 0.309 e. The number of nitrogens with zero attached hydrogens (tertiary/aromatic N) is 1. The Kier molecular flexibility index (Phi) is 4.59. The number of nitro benzene ring substituents is 1. The molecule has 0 saturated carbocycles. The number of sulfonamides is 1. The molecule has 1 aromatic rings. The molecule has 0 amide bonds. The first-order valence-electron chi connectivity index (χ1n) is 5.66. The second kappa shape index (κ2) is 5.62. The van der Waals surface area contributed by atoms with Gasteiger partial charge in [-0.3, -0.25) is 10.1 Å². The van der Waals surface area contributed by atoms with Gasteiger partial charge in [-0.1, -0.05) is 6.92 Å². The number of nitro groups is 1. The van der Waals surface area contributed by atoms with Crippen LogP contribution in [0.4, 0.5) is 10.1 Å². The number of halogens is 1. The van der Waals surface area contributed by atoms with Gasteiger partial charge in [0, 0.05) is 6.54 Å². The number of hydrogen-bond donors (Lipinski definition) is 1. The van der Waals surface area contributed by atoms with Gasteiger partial charge >= 0.3 is 5.69 Å². The van der Waals surface area contributed by atoms with E-state index in [4.69, 9.17) is 0 Å². The molecule has 106 valence electrons. The van der Waals surface area contributed by atoms with Crippen LogP contribution in [0.2, 0.25) is 0 Å². The third-order valence-corrected chi connectivity index (χ3v) is 4.37. The van der Waals surface area contributed by atoms with Crippen LogP contribution in [0.3, 0.4) is 0 Å². The smallest absolute Gasteiger partial charge is 0.258 e. The lowest BCUT2D eigenvalue weighted by molar-refractivity contribution is -0.388. The first-order valence-corrected chi connectivity index (χ1v) is 7.14. The van der Waals surface area contributed by atoms with Gasteiger partial charge in [0.2, 0.25) is 15.8 Å². The molecule has 0 saturated heterocycles. The van der Waals surface area contributed by atoms with Gasteiger partial charge in [0.15, 0.2) is 0 Å². The Morgan fingerprint density at radius 2 is 2.00 bits per heavy atom. The van der Waals surface area contributed by atoms with Crippen LogP contribution >= 0.6 is 0 Å². The van der Waals surface area contributed by atoms with Crippen molar-refractivity contribution in [1.82, 2.24) is 4.72 Å². The Bertz CT molecular complexity index is 614. The van der Waals surface area contributed by atoms with Gasteiger partial charge in [-0.25, -0.2) is 13.1 Å². The zero-order valence-electron chi connectivity index (χ0n) is 10.9. The maximum absolute atomic E-state index is 13.5. The van der Waals surface area contributed by atoms with Gasteiger partial charge in [0.25, 0.3) is 0 Å². The highest BCUT2D eigenvalue weighted by Gasteiger charge is 2.28. The van der Waals surface area contributed by atoms with Crippen LogP contribution in [0.1, 0.15) is 24.5 Å². The first-order chi connectivity index (χ1) is 8.72.